The van der Waals surface area contributed by atoms with Gasteiger partial charge in [-0.25, -0.2) is 0 Å². The molecule has 0 saturated carbocycles. The molecule has 27 heavy (non-hydrogen) atoms. The van der Waals surface area contributed by atoms with Gasteiger partial charge in [-0.15, -0.1) is 0 Å². The number of thioether (sulfide) groups is 1. The topological polar surface area (TPSA) is 79.9 Å². The van der Waals surface area contributed by atoms with Crippen molar-refractivity contribution in [3.05, 3.63) is 35.9 Å². The van der Waals surface area contributed by atoms with Gasteiger partial charge in [0.05, 0.1) is 24.9 Å². The second-order valence-electron chi connectivity index (χ2n) is 6.22. The number of ether oxygens (including phenoxy) is 1. The lowest BCUT2D eigenvalue weighted by molar-refractivity contribution is 0.0985. The zero-order valence-corrected chi connectivity index (χ0v) is 17.2. The first-order valence-corrected chi connectivity index (χ1v) is 10.4. The predicted octanol–water partition coefficient (Wildman–Crippen LogP) is 3.33. The first kappa shape index (κ1) is 21.0. The van der Waals surface area contributed by atoms with E-state index in [4.69, 9.17) is 10.5 Å². The third-order valence-corrected chi connectivity index (χ3v) is 4.06. The fraction of sp³-hybridized carbons (Fsp3) is 0.421. The lowest BCUT2D eigenvalue weighted by Crippen LogP contribution is -2.44. The number of nitrogen functional groups attached to an aromatic ring is 1. The normalized spacial score (nSPS) is 16.3. The molecule has 2 aromatic rings. The van der Waals surface area contributed by atoms with Crippen molar-refractivity contribution in [2.75, 3.05) is 47.9 Å². The highest BCUT2D eigenvalue weighted by molar-refractivity contribution is 7.97. The first-order valence-electron chi connectivity index (χ1n) is 8.73. The summed E-state index contributed by atoms with van der Waals surface area (Å²) in [4.78, 5) is 11.2. The number of anilines is 4. The molecule has 1 fully saturated rings. The molecule has 1 saturated heterocycles. The SMILES string of the molecule is C=NN(c1nc(N)cc(N2CCOCC2C)n1)c1ccccc1C.CSC. The van der Waals surface area contributed by atoms with Crippen LogP contribution in [-0.4, -0.2) is 55.0 Å². The number of hydrogen-bond donors (Lipinski definition) is 1. The van der Waals surface area contributed by atoms with Gasteiger partial charge >= 0.3 is 0 Å². The van der Waals surface area contributed by atoms with Crippen molar-refractivity contribution < 1.29 is 4.74 Å². The van der Waals surface area contributed by atoms with Crippen molar-refractivity contribution >= 4 is 41.8 Å². The molecule has 1 unspecified atom stereocenters. The molecule has 2 heterocycles. The Kier molecular flexibility index (Phi) is 7.87. The van der Waals surface area contributed by atoms with Crippen LogP contribution in [0.1, 0.15) is 12.5 Å². The molecule has 0 spiro atoms. The lowest BCUT2D eigenvalue weighted by Gasteiger charge is -2.34. The van der Waals surface area contributed by atoms with Crippen molar-refractivity contribution in [1.29, 1.82) is 0 Å². The highest BCUT2D eigenvalue weighted by Gasteiger charge is 2.23. The minimum atomic E-state index is 0.226. The van der Waals surface area contributed by atoms with Crippen LogP contribution in [0.4, 0.5) is 23.3 Å². The number of morpholine rings is 1. The van der Waals surface area contributed by atoms with Crippen LogP contribution < -0.4 is 15.6 Å². The van der Waals surface area contributed by atoms with Gasteiger partial charge in [0, 0.05) is 19.3 Å². The van der Waals surface area contributed by atoms with Crippen LogP contribution in [0.5, 0.6) is 0 Å². The summed E-state index contributed by atoms with van der Waals surface area (Å²) in [5, 5.41) is 5.71. The Bertz CT molecular complexity index is 757. The maximum atomic E-state index is 6.02. The van der Waals surface area contributed by atoms with Crippen LogP contribution >= 0.6 is 11.8 Å². The van der Waals surface area contributed by atoms with E-state index in [1.54, 1.807) is 22.8 Å². The average molecular weight is 389 g/mol. The van der Waals surface area contributed by atoms with Crippen LogP contribution in [0.3, 0.4) is 0 Å². The van der Waals surface area contributed by atoms with Crippen LogP contribution in [0, 0.1) is 6.92 Å². The van der Waals surface area contributed by atoms with Gasteiger partial charge in [-0.2, -0.15) is 31.8 Å². The Morgan fingerprint density at radius 1 is 1.33 bits per heavy atom. The van der Waals surface area contributed by atoms with Gasteiger partial charge in [0.1, 0.15) is 11.6 Å². The number of nitrogens with two attached hydrogens (primary N) is 1. The zero-order valence-electron chi connectivity index (χ0n) is 16.4. The van der Waals surface area contributed by atoms with E-state index in [0.29, 0.717) is 25.0 Å². The van der Waals surface area contributed by atoms with E-state index in [-0.39, 0.29) is 6.04 Å². The molecule has 0 aliphatic carbocycles. The smallest absolute Gasteiger partial charge is 0.255 e. The standard InChI is InChI=1S/C17H22N6O.C2H6S/c1-12-6-4-5-7-14(12)23(19-3)17-20-15(18)10-16(21-17)22-8-9-24-11-13(22)2;1-3-2/h4-7,10,13H,3,8-9,11H2,1-2H3,(H2,18,20,21);1-2H3. The van der Waals surface area contributed by atoms with Crippen LogP contribution in [0.25, 0.3) is 0 Å². The Hall–Kier alpha value is -2.32. The molecule has 2 N–H and O–H groups in total. The van der Waals surface area contributed by atoms with Gasteiger partial charge in [0.15, 0.2) is 0 Å². The van der Waals surface area contributed by atoms with Crippen LogP contribution in [-0.2, 0) is 4.74 Å². The van der Waals surface area contributed by atoms with Crippen molar-refractivity contribution in [3.8, 4) is 0 Å². The molecule has 7 nitrogen and oxygen atoms in total. The van der Waals surface area contributed by atoms with Gasteiger partial charge < -0.3 is 15.4 Å². The van der Waals surface area contributed by atoms with Crippen LogP contribution in [0.15, 0.2) is 35.4 Å². The van der Waals surface area contributed by atoms with Crippen LogP contribution in [0.2, 0.25) is 0 Å². The summed E-state index contributed by atoms with van der Waals surface area (Å²) >= 11 is 1.75. The van der Waals surface area contributed by atoms with Gasteiger partial charge in [0.2, 0.25) is 0 Å². The van der Waals surface area contributed by atoms with Crippen molar-refractivity contribution in [3.63, 3.8) is 0 Å². The summed E-state index contributed by atoms with van der Waals surface area (Å²) in [6, 6.07) is 9.88. The predicted molar refractivity (Wildman–Crippen MR) is 116 cm³/mol. The minimum absolute atomic E-state index is 0.226. The second-order valence-corrected chi connectivity index (χ2v) is 7.03. The molecular formula is C19H28N6OS. The third kappa shape index (κ3) is 5.33. The van der Waals surface area contributed by atoms with Crippen molar-refractivity contribution in [2.24, 2.45) is 5.10 Å². The number of para-hydroxylation sites is 1. The largest absolute Gasteiger partial charge is 0.383 e. The quantitative estimate of drug-likeness (QED) is 0.636. The van der Waals surface area contributed by atoms with E-state index in [1.807, 2.05) is 43.7 Å². The van der Waals surface area contributed by atoms with E-state index in [2.05, 4.69) is 33.6 Å². The fourth-order valence-electron chi connectivity index (χ4n) is 2.80. The molecule has 8 heteroatoms. The summed E-state index contributed by atoms with van der Waals surface area (Å²) in [6.07, 6.45) is 4.08. The maximum Gasteiger partial charge on any atom is 0.255 e. The molecule has 1 aromatic heterocycles. The van der Waals surface area contributed by atoms with Gasteiger partial charge in [-0.05, 0) is 38.0 Å². The van der Waals surface area contributed by atoms with Crippen molar-refractivity contribution in [2.45, 2.75) is 19.9 Å². The second kappa shape index (κ2) is 10.1. The summed E-state index contributed by atoms with van der Waals surface area (Å²) in [5.74, 6) is 1.58. The molecule has 1 aliphatic rings. The zero-order chi connectivity index (χ0) is 19.8. The fourth-order valence-corrected chi connectivity index (χ4v) is 2.80. The molecule has 1 aromatic carbocycles. The summed E-state index contributed by atoms with van der Waals surface area (Å²) in [6.45, 7) is 9.87. The number of aromatic nitrogens is 2. The van der Waals surface area contributed by atoms with E-state index in [0.717, 1.165) is 23.6 Å². The monoisotopic (exact) mass is 388 g/mol. The van der Waals surface area contributed by atoms with E-state index >= 15 is 0 Å². The summed E-state index contributed by atoms with van der Waals surface area (Å²) in [5.41, 5.74) is 7.95. The number of nitrogens with zero attached hydrogens (tertiary/aromatic N) is 5. The molecule has 1 atom stereocenters. The number of hydrazone groups is 1. The highest BCUT2D eigenvalue weighted by Crippen LogP contribution is 2.29. The van der Waals surface area contributed by atoms with E-state index < -0.39 is 0 Å². The Morgan fingerprint density at radius 2 is 2.04 bits per heavy atom. The summed E-state index contributed by atoms with van der Waals surface area (Å²) in [7, 11) is 0. The minimum Gasteiger partial charge on any atom is -0.383 e. The molecular weight excluding hydrogens is 360 g/mol. The van der Waals surface area contributed by atoms with Crippen molar-refractivity contribution in [1.82, 2.24) is 9.97 Å². The average Bonchev–Trinajstić information content (AvgIpc) is 2.64. The number of rotatable bonds is 4. The number of benzene rings is 1. The van der Waals surface area contributed by atoms with Gasteiger partial charge in [0.25, 0.3) is 5.95 Å². The van der Waals surface area contributed by atoms with E-state index in [9.17, 15) is 0 Å². The van der Waals surface area contributed by atoms with Gasteiger partial charge in [-0.3, -0.25) is 0 Å². The molecule has 0 bridgehead atoms. The maximum absolute atomic E-state index is 6.02. The lowest BCUT2D eigenvalue weighted by atomic mass is 10.2. The summed E-state index contributed by atoms with van der Waals surface area (Å²) < 4.78 is 5.49. The third-order valence-electron chi connectivity index (χ3n) is 4.06. The molecule has 146 valence electrons. The Morgan fingerprint density at radius 3 is 2.67 bits per heavy atom. The molecule has 1 aliphatic heterocycles. The number of hydrogen-bond acceptors (Lipinski definition) is 8. The Labute approximate surface area is 165 Å². The van der Waals surface area contributed by atoms with Gasteiger partial charge in [-0.1, -0.05) is 18.2 Å². The molecule has 3 rings (SSSR count). The first-order chi connectivity index (χ1) is 13.0. The highest BCUT2D eigenvalue weighted by atomic mass is 32.2. The Balaban J connectivity index is 0.000000817. The molecule has 0 radical (unpaired) electrons. The van der Waals surface area contributed by atoms with E-state index in [1.165, 1.54) is 0 Å². The molecule has 0 amide bonds. The number of aryl methyl sites for hydroxylation is 1.